The largest absolute Gasteiger partial charge is 0.377 e. The lowest BCUT2D eigenvalue weighted by Crippen LogP contribution is -2.41. The van der Waals surface area contributed by atoms with E-state index in [1.54, 1.807) is 0 Å². The predicted molar refractivity (Wildman–Crippen MR) is 61.8 cm³/mol. The highest BCUT2D eigenvalue weighted by atomic mass is 16.5. The molecule has 2 fully saturated rings. The van der Waals surface area contributed by atoms with Crippen LogP contribution in [0.5, 0.6) is 0 Å². The Morgan fingerprint density at radius 3 is 2.75 bits per heavy atom. The normalized spacial score (nSPS) is 20.2. The van der Waals surface area contributed by atoms with Crippen LogP contribution >= 0.6 is 0 Å². The number of nitrogens with zero attached hydrogens (tertiary/aromatic N) is 3. The molecule has 1 aromatic rings. The first-order valence-corrected chi connectivity index (χ1v) is 5.76. The minimum absolute atomic E-state index is 0.415. The van der Waals surface area contributed by atoms with Crippen LogP contribution in [0.15, 0.2) is 6.07 Å². The van der Waals surface area contributed by atoms with E-state index in [1.807, 2.05) is 13.0 Å². The predicted octanol–water partition coefficient (Wildman–Crippen LogP) is 0.806. The SMILES string of the molecule is Cc1cc(NC2COC2)nc(N2CCC2)n1. The summed E-state index contributed by atoms with van der Waals surface area (Å²) in [4.78, 5) is 11.2. The van der Waals surface area contributed by atoms with Crippen molar-refractivity contribution in [2.24, 2.45) is 0 Å². The molecule has 0 atom stereocenters. The van der Waals surface area contributed by atoms with E-state index in [1.165, 1.54) is 6.42 Å². The van der Waals surface area contributed by atoms with Crippen molar-refractivity contribution in [3.8, 4) is 0 Å². The summed E-state index contributed by atoms with van der Waals surface area (Å²) in [7, 11) is 0. The van der Waals surface area contributed by atoms with Crippen molar-refractivity contribution in [2.75, 3.05) is 36.5 Å². The van der Waals surface area contributed by atoms with Crippen molar-refractivity contribution in [2.45, 2.75) is 19.4 Å². The third-order valence-corrected chi connectivity index (χ3v) is 2.97. The summed E-state index contributed by atoms with van der Waals surface area (Å²) in [5, 5.41) is 3.36. The smallest absolute Gasteiger partial charge is 0.227 e. The molecule has 0 aliphatic carbocycles. The summed E-state index contributed by atoms with van der Waals surface area (Å²) in [5.41, 5.74) is 1.01. The highest BCUT2D eigenvalue weighted by molar-refractivity contribution is 5.45. The Balaban J connectivity index is 1.77. The Morgan fingerprint density at radius 2 is 2.19 bits per heavy atom. The molecule has 0 saturated carbocycles. The summed E-state index contributed by atoms with van der Waals surface area (Å²) in [6, 6.07) is 2.40. The fourth-order valence-electron chi connectivity index (χ4n) is 1.81. The Hall–Kier alpha value is -1.36. The molecule has 16 heavy (non-hydrogen) atoms. The van der Waals surface area contributed by atoms with Gasteiger partial charge in [0.2, 0.25) is 5.95 Å². The lowest BCUT2D eigenvalue weighted by molar-refractivity contribution is 0.0209. The Kier molecular flexibility index (Phi) is 2.40. The van der Waals surface area contributed by atoms with Gasteiger partial charge in [-0.05, 0) is 13.3 Å². The first-order valence-electron chi connectivity index (χ1n) is 5.76. The van der Waals surface area contributed by atoms with Crippen molar-refractivity contribution >= 4 is 11.8 Å². The van der Waals surface area contributed by atoms with Crippen molar-refractivity contribution in [3.63, 3.8) is 0 Å². The third kappa shape index (κ3) is 1.82. The average Bonchev–Trinajstić information content (AvgIpc) is 2.07. The van der Waals surface area contributed by atoms with E-state index in [0.29, 0.717) is 6.04 Å². The van der Waals surface area contributed by atoms with Crippen molar-refractivity contribution in [3.05, 3.63) is 11.8 Å². The molecule has 0 aromatic carbocycles. The zero-order valence-electron chi connectivity index (χ0n) is 9.44. The van der Waals surface area contributed by atoms with Gasteiger partial charge in [0.05, 0.1) is 19.3 Å². The standard InChI is InChI=1S/C11H16N4O/c1-8-5-10(13-9-6-16-7-9)14-11(12-8)15-3-2-4-15/h5,9H,2-4,6-7H2,1H3,(H,12,13,14). The van der Waals surface area contributed by atoms with Gasteiger partial charge in [0, 0.05) is 24.8 Å². The van der Waals surface area contributed by atoms with Gasteiger partial charge in [-0.25, -0.2) is 4.98 Å². The number of aryl methyl sites for hydroxylation is 1. The lowest BCUT2D eigenvalue weighted by Gasteiger charge is -2.32. The lowest BCUT2D eigenvalue weighted by atomic mass is 10.2. The van der Waals surface area contributed by atoms with E-state index in [-0.39, 0.29) is 0 Å². The van der Waals surface area contributed by atoms with Gasteiger partial charge in [-0.15, -0.1) is 0 Å². The first kappa shape index (κ1) is 9.84. The van der Waals surface area contributed by atoms with E-state index in [2.05, 4.69) is 20.2 Å². The molecule has 0 unspecified atom stereocenters. The van der Waals surface area contributed by atoms with Gasteiger partial charge in [0.15, 0.2) is 0 Å². The molecule has 2 saturated heterocycles. The van der Waals surface area contributed by atoms with Crippen LogP contribution < -0.4 is 10.2 Å². The van der Waals surface area contributed by atoms with Gasteiger partial charge in [-0.2, -0.15) is 4.98 Å². The fraction of sp³-hybridized carbons (Fsp3) is 0.636. The molecule has 1 N–H and O–H groups in total. The van der Waals surface area contributed by atoms with Crippen LogP contribution in [0.3, 0.4) is 0 Å². The monoisotopic (exact) mass is 220 g/mol. The summed E-state index contributed by atoms with van der Waals surface area (Å²) in [5.74, 6) is 1.77. The zero-order valence-corrected chi connectivity index (χ0v) is 9.44. The maximum absolute atomic E-state index is 5.13. The highest BCUT2D eigenvalue weighted by Crippen LogP contribution is 2.19. The second-order valence-electron chi connectivity index (χ2n) is 4.41. The number of ether oxygens (including phenoxy) is 1. The molecule has 3 heterocycles. The van der Waals surface area contributed by atoms with E-state index in [4.69, 9.17) is 4.74 Å². The van der Waals surface area contributed by atoms with E-state index < -0.39 is 0 Å². The van der Waals surface area contributed by atoms with Crippen LogP contribution in [0.1, 0.15) is 12.1 Å². The van der Waals surface area contributed by atoms with E-state index in [0.717, 1.165) is 43.8 Å². The van der Waals surface area contributed by atoms with Crippen LogP contribution in [0.2, 0.25) is 0 Å². The maximum atomic E-state index is 5.13. The third-order valence-electron chi connectivity index (χ3n) is 2.97. The maximum Gasteiger partial charge on any atom is 0.227 e. The minimum Gasteiger partial charge on any atom is -0.377 e. The second-order valence-corrected chi connectivity index (χ2v) is 4.41. The average molecular weight is 220 g/mol. The Bertz CT molecular complexity index is 388. The molecule has 0 bridgehead atoms. The number of anilines is 2. The van der Waals surface area contributed by atoms with Gasteiger partial charge in [0.25, 0.3) is 0 Å². The number of aromatic nitrogens is 2. The number of nitrogens with one attached hydrogen (secondary N) is 1. The molecule has 2 aliphatic rings. The molecule has 0 radical (unpaired) electrons. The number of rotatable bonds is 3. The van der Waals surface area contributed by atoms with Crippen LogP contribution in [0, 0.1) is 6.92 Å². The quantitative estimate of drug-likeness (QED) is 0.816. The van der Waals surface area contributed by atoms with Crippen molar-refractivity contribution < 1.29 is 4.74 Å². The number of hydrogen-bond acceptors (Lipinski definition) is 5. The summed E-state index contributed by atoms with van der Waals surface area (Å²) < 4.78 is 5.13. The molecular formula is C11H16N4O. The minimum atomic E-state index is 0.415. The number of hydrogen-bond donors (Lipinski definition) is 1. The Morgan fingerprint density at radius 1 is 1.38 bits per heavy atom. The van der Waals surface area contributed by atoms with Crippen LogP contribution in [-0.2, 0) is 4.74 Å². The molecule has 5 nitrogen and oxygen atoms in total. The van der Waals surface area contributed by atoms with Crippen LogP contribution in [0.4, 0.5) is 11.8 Å². The van der Waals surface area contributed by atoms with Crippen LogP contribution in [-0.4, -0.2) is 42.3 Å². The molecule has 86 valence electrons. The van der Waals surface area contributed by atoms with Crippen LogP contribution in [0.25, 0.3) is 0 Å². The topological polar surface area (TPSA) is 50.3 Å². The van der Waals surface area contributed by atoms with Gasteiger partial charge < -0.3 is 15.0 Å². The molecule has 0 spiro atoms. The molecular weight excluding hydrogens is 204 g/mol. The second kappa shape index (κ2) is 3.90. The van der Waals surface area contributed by atoms with Gasteiger partial charge in [-0.1, -0.05) is 0 Å². The fourth-order valence-corrected chi connectivity index (χ4v) is 1.81. The molecule has 5 heteroatoms. The molecule has 2 aliphatic heterocycles. The first-order chi connectivity index (χ1) is 7.81. The molecule has 0 amide bonds. The summed E-state index contributed by atoms with van der Waals surface area (Å²) in [6.45, 7) is 5.72. The molecule has 3 rings (SSSR count). The zero-order chi connectivity index (χ0) is 11.0. The van der Waals surface area contributed by atoms with Gasteiger partial charge in [0.1, 0.15) is 5.82 Å². The molecule has 1 aromatic heterocycles. The van der Waals surface area contributed by atoms with Crippen molar-refractivity contribution in [1.29, 1.82) is 0 Å². The summed E-state index contributed by atoms with van der Waals surface area (Å²) >= 11 is 0. The van der Waals surface area contributed by atoms with Gasteiger partial charge >= 0.3 is 0 Å². The van der Waals surface area contributed by atoms with E-state index in [9.17, 15) is 0 Å². The van der Waals surface area contributed by atoms with Gasteiger partial charge in [-0.3, -0.25) is 0 Å². The van der Waals surface area contributed by atoms with Crippen molar-refractivity contribution in [1.82, 2.24) is 9.97 Å². The highest BCUT2D eigenvalue weighted by Gasteiger charge is 2.21. The summed E-state index contributed by atoms with van der Waals surface area (Å²) in [6.07, 6.45) is 1.25. The Labute approximate surface area is 94.8 Å². The van der Waals surface area contributed by atoms with E-state index >= 15 is 0 Å².